The minimum atomic E-state index is -5.45. The van der Waals surface area contributed by atoms with E-state index < -0.39 is 20.2 Å². The fraction of sp³-hybridized carbons (Fsp3) is 0.409. The van der Waals surface area contributed by atoms with Crippen LogP contribution in [0.3, 0.4) is 0 Å². The number of hydrogen-bond donors (Lipinski definition) is 2. The predicted molar refractivity (Wildman–Crippen MR) is 122 cm³/mol. The highest BCUT2D eigenvalue weighted by molar-refractivity contribution is 9.10. The normalized spacial score (nSPS) is 14.8. The molecule has 0 bridgehead atoms. The SMILES string of the molecule is CC(C)c1c(Br)cc(C(C)(C)C)c(O)c1C1=NCc2cc(S(=O)(=O)C(F)(F)F)ccc2N1. The molecule has 1 aliphatic rings. The van der Waals surface area contributed by atoms with E-state index in [2.05, 4.69) is 26.2 Å². The van der Waals surface area contributed by atoms with Gasteiger partial charge in [0.2, 0.25) is 0 Å². The van der Waals surface area contributed by atoms with Crippen molar-refractivity contribution in [2.45, 2.75) is 62.9 Å². The van der Waals surface area contributed by atoms with E-state index in [9.17, 15) is 26.7 Å². The van der Waals surface area contributed by atoms with Crippen LogP contribution in [0.2, 0.25) is 0 Å². The van der Waals surface area contributed by atoms with E-state index >= 15 is 0 Å². The Morgan fingerprint density at radius 2 is 1.78 bits per heavy atom. The summed E-state index contributed by atoms with van der Waals surface area (Å²) in [5, 5.41) is 14.2. The van der Waals surface area contributed by atoms with Crippen LogP contribution in [0, 0.1) is 0 Å². The molecule has 5 nitrogen and oxygen atoms in total. The summed E-state index contributed by atoms with van der Waals surface area (Å²) in [6, 6.07) is 5.08. The van der Waals surface area contributed by atoms with Crippen molar-refractivity contribution in [3.63, 3.8) is 0 Å². The molecule has 0 saturated heterocycles. The van der Waals surface area contributed by atoms with E-state index in [1.54, 1.807) is 0 Å². The van der Waals surface area contributed by atoms with Crippen molar-refractivity contribution < 1.29 is 26.7 Å². The van der Waals surface area contributed by atoms with Crippen LogP contribution >= 0.6 is 15.9 Å². The first-order valence-corrected chi connectivity index (χ1v) is 12.1. The lowest BCUT2D eigenvalue weighted by molar-refractivity contribution is -0.0436. The van der Waals surface area contributed by atoms with Gasteiger partial charge in [0.05, 0.1) is 17.0 Å². The third-order valence-corrected chi connectivity index (χ3v) is 7.40. The van der Waals surface area contributed by atoms with Crippen molar-refractivity contribution in [3.8, 4) is 5.75 Å². The highest BCUT2D eigenvalue weighted by Crippen LogP contribution is 2.43. The summed E-state index contributed by atoms with van der Waals surface area (Å²) in [7, 11) is -5.45. The van der Waals surface area contributed by atoms with Gasteiger partial charge in [0, 0.05) is 15.7 Å². The molecule has 0 saturated carbocycles. The Morgan fingerprint density at radius 3 is 2.31 bits per heavy atom. The summed E-state index contributed by atoms with van der Waals surface area (Å²) < 4.78 is 63.0. The molecule has 0 fully saturated rings. The quantitative estimate of drug-likeness (QED) is 0.490. The van der Waals surface area contributed by atoms with Crippen LogP contribution in [0.1, 0.15) is 62.8 Å². The van der Waals surface area contributed by atoms with E-state index in [4.69, 9.17) is 0 Å². The first-order valence-electron chi connectivity index (χ1n) is 9.87. The van der Waals surface area contributed by atoms with Gasteiger partial charge in [0.25, 0.3) is 9.84 Å². The molecule has 0 spiro atoms. The molecule has 1 aliphatic heterocycles. The second-order valence-electron chi connectivity index (χ2n) is 9.01. The molecule has 3 rings (SSSR count). The Bertz CT molecular complexity index is 1210. The Hall–Kier alpha value is -2.07. The summed E-state index contributed by atoms with van der Waals surface area (Å²) in [6.45, 7) is 9.84. The Labute approximate surface area is 193 Å². The molecule has 174 valence electrons. The number of alkyl halides is 3. The minimum Gasteiger partial charge on any atom is -0.507 e. The number of rotatable bonds is 3. The number of aromatic hydroxyl groups is 1. The third-order valence-electron chi connectivity index (χ3n) is 5.26. The first kappa shape index (κ1) is 24.6. The van der Waals surface area contributed by atoms with Crippen LogP contribution in [0.4, 0.5) is 18.9 Å². The average Bonchev–Trinajstić information content (AvgIpc) is 2.66. The number of sulfone groups is 1. The number of nitrogens with one attached hydrogen (secondary N) is 1. The number of halogens is 4. The van der Waals surface area contributed by atoms with Crippen LogP contribution in [-0.4, -0.2) is 24.9 Å². The summed E-state index contributed by atoms with van der Waals surface area (Å²) in [4.78, 5) is 3.62. The molecule has 0 amide bonds. The molecule has 2 aromatic rings. The van der Waals surface area contributed by atoms with Crippen molar-refractivity contribution in [3.05, 3.63) is 51.0 Å². The summed E-state index contributed by atoms with van der Waals surface area (Å²) in [6.07, 6.45) is 0. The molecule has 2 N–H and O–H groups in total. The zero-order valence-corrected chi connectivity index (χ0v) is 20.6. The van der Waals surface area contributed by atoms with Gasteiger partial charge in [-0.15, -0.1) is 0 Å². The van der Waals surface area contributed by atoms with Crippen molar-refractivity contribution in [1.82, 2.24) is 0 Å². The van der Waals surface area contributed by atoms with Crippen molar-refractivity contribution in [1.29, 1.82) is 0 Å². The molecule has 0 unspecified atom stereocenters. The highest BCUT2D eigenvalue weighted by Gasteiger charge is 2.47. The van der Waals surface area contributed by atoms with Gasteiger partial charge in [0.15, 0.2) is 0 Å². The van der Waals surface area contributed by atoms with Gasteiger partial charge in [-0.3, -0.25) is 4.99 Å². The number of benzene rings is 2. The lowest BCUT2D eigenvalue weighted by atomic mass is 9.82. The summed E-state index contributed by atoms with van der Waals surface area (Å²) in [5.74, 6) is 0.483. The lowest BCUT2D eigenvalue weighted by Gasteiger charge is -2.28. The standard InChI is InChI=1S/C22H24BrF3N2O3S/c1-11(2)17-15(23)9-14(21(3,4)5)19(29)18(17)20-27-10-12-8-13(6-7-16(12)28-20)32(30,31)22(24,25)26/h6-9,11,29H,10H2,1-5H3,(H,27,28). The number of anilines is 1. The maximum absolute atomic E-state index is 12.9. The molecule has 0 radical (unpaired) electrons. The van der Waals surface area contributed by atoms with Crippen molar-refractivity contribution in [2.75, 3.05) is 5.32 Å². The van der Waals surface area contributed by atoms with Gasteiger partial charge in [-0.2, -0.15) is 13.2 Å². The molecule has 0 atom stereocenters. The molecule has 0 aliphatic carbocycles. The van der Waals surface area contributed by atoms with Crippen LogP contribution in [0.5, 0.6) is 5.75 Å². The van der Waals surface area contributed by atoms with Gasteiger partial charge >= 0.3 is 5.51 Å². The molecule has 0 aromatic heterocycles. The number of hydrogen-bond acceptors (Lipinski definition) is 5. The maximum atomic E-state index is 12.9. The van der Waals surface area contributed by atoms with E-state index in [1.165, 1.54) is 6.07 Å². The monoisotopic (exact) mass is 532 g/mol. The second-order valence-corrected chi connectivity index (χ2v) is 11.8. The Kier molecular flexibility index (Phi) is 6.19. The molecule has 32 heavy (non-hydrogen) atoms. The van der Waals surface area contributed by atoms with E-state index in [0.717, 1.165) is 22.2 Å². The topological polar surface area (TPSA) is 78.8 Å². The zero-order valence-electron chi connectivity index (χ0n) is 18.2. The third kappa shape index (κ3) is 4.26. The highest BCUT2D eigenvalue weighted by atomic mass is 79.9. The van der Waals surface area contributed by atoms with Gasteiger partial charge in [-0.05, 0) is 46.7 Å². The van der Waals surface area contributed by atoms with E-state index in [-0.39, 0.29) is 23.6 Å². The van der Waals surface area contributed by atoms with Gasteiger partial charge < -0.3 is 10.4 Å². The number of fused-ring (bicyclic) bond motifs is 1. The maximum Gasteiger partial charge on any atom is 0.501 e. The number of amidine groups is 1. The molecule has 10 heteroatoms. The predicted octanol–water partition coefficient (Wildman–Crippen LogP) is 6.24. The Balaban J connectivity index is 2.12. The summed E-state index contributed by atoms with van der Waals surface area (Å²) >= 11 is 3.61. The van der Waals surface area contributed by atoms with Crippen LogP contribution in [0.25, 0.3) is 0 Å². The summed E-state index contributed by atoms with van der Waals surface area (Å²) in [5.41, 5.74) is -2.93. The smallest absolute Gasteiger partial charge is 0.501 e. The zero-order chi connectivity index (χ0) is 24.2. The number of nitrogens with zero attached hydrogens (tertiary/aromatic N) is 1. The van der Waals surface area contributed by atoms with Gasteiger partial charge in [-0.25, -0.2) is 8.42 Å². The molecular weight excluding hydrogens is 509 g/mol. The van der Waals surface area contributed by atoms with E-state index in [1.807, 2.05) is 40.7 Å². The van der Waals surface area contributed by atoms with Crippen LogP contribution < -0.4 is 5.32 Å². The van der Waals surface area contributed by atoms with Crippen LogP contribution in [0.15, 0.2) is 38.6 Å². The Morgan fingerprint density at radius 1 is 1.16 bits per heavy atom. The number of aliphatic imine (C=N–C) groups is 1. The molecule has 2 aromatic carbocycles. The first-order chi connectivity index (χ1) is 14.6. The number of phenols is 1. The lowest BCUT2D eigenvalue weighted by Crippen LogP contribution is -2.25. The second kappa shape index (κ2) is 8.06. The van der Waals surface area contributed by atoms with Crippen molar-refractivity contribution in [2.24, 2.45) is 4.99 Å². The number of phenolic OH excluding ortho intramolecular Hbond substituents is 1. The minimum absolute atomic E-state index is 0.0319. The fourth-order valence-corrected chi connectivity index (χ4v) is 5.32. The van der Waals surface area contributed by atoms with Crippen molar-refractivity contribution >= 4 is 37.3 Å². The van der Waals surface area contributed by atoms with Crippen LogP contribution in [-0.2, 0) is 21.8 Å². The fourth-order valence-electron chi connectivity index (χ4n) is 3.63. The largest absolute Gasteiger partial charge is 0.507 e. The van der Waals surface area contributed by atoms with Gasteiger partial charge in [0.1, 0.15) is 11.6 Å². The van der Waals surface area contributed by atoms with E-state index in [0.29, 0.717) is 28.2 Å². The van der Waals surface area contributed by atoms with Gasteiger partial charge in [-0.1, -0.05) is 50.5 Å². The average molecular weight is 533 g/mol. The molecular formula is C22H24BrF3N2O3S. The molecule has 1 heterocycles.